The van der Waals surface area contributed by atoms with Crippen LogP contribution in [0.2, 0.25) is 10.0 Å². The number of fused-ring (bicyclic) bond motifs is 1. The molecule has 1 unspecified atom stereocenters. The van der Waals surface area contributed by atoms with Gasteiger partial charge < -0.3 is 5.32 Å². The van der Waals surface area contributed by atoms with E-state index in [-0.39, 0.29) is 6.04 Å². The van der Waals surface area contributed by atoms with E-state index in [1.54, 1.807) is 12.1 Å². The van der Waals surface area contributed by atoms with Crippen molar-refractivity contribution in [1.29, 1.82) is 5.26 Å². The van der Waals surface area contributed by atoms with Crippen molar-refractivity contribution in [2.24, 2.45) is 0 Å². The van der Waals surface area contributed by atoms with Gasteiger partial charge in [0.05, 0.1) is 16.6 Å². The topological polar surface area (TPSA) is 35.8 Å². The Bertz CT molecular complexity index is 725. The molecule has 1 aliphatic rings. The number of thioether (sulfide) groups is 1. The summed E-state index contributed by atoms with van der Waals surface area (Å²) in [6.07, 6.45) is 1.02. The molecule has 2 aromatic rings. The van der Waals surface area contributed by atoms with E-state index < -0.39 is 0 Å². The van der Waals surface area contributed by atoms with E-state index in [2.05, 4.69) is 17.5 Å². The highest BCUT2D eigenvalue weighted by atomic mass is 35.5. The van der Waals surface area contributed by atoms with Gasteiger partial charge in [0, 0.05) is 21.4 Å². The van der Waals surface area contributed by atoms with Crippen LogP contribution in [0.15, 0.2) is 41.3 Å². The van der Waals surface area contributed by atoms with Crippen molar-refractivity contribution in [1.82, 2.24) is 0 Å². The minimum atomic E-state index is 0.202. The van der Waals surface area contributed by atoms with Crippen LogP contribution in [0.5, 0.6) is 0 Å². The number of rotatable bonds is 2. The van der Waals surface area contributed by atoms with E-state index in [1.807, 2.05) is 30.0 Å². The lowest BCUT2D eigenvalue weighted by Crippen LogP contribution is -2.16. The van der Waals surface area contributed by atoms with Crippen LogP contribution in [0, 0.1) is 11.3 Å². The van der Waals surface area contributed by atoms with Crippen LogP contribution in [0.3, 0.4) is 0 Å². The molecule has 0 saturated carbocycles. The zero-order valence-corrected chi connectivity index (χ0v) is 13.4. The van der Waals surface area contributed by atoms with E-state index in [1.165, 1.54) is 10.5 Å². The van der Waals surface area contributed by atoms with Crippen molar-refractivity contribution in [3.8, 4) is 6.07 Å². The number of halogens is 2. The summed E-state index contributed by atoms with van der Waals surface area (Å²) in [4.78, 5) is 1.26. The maximum absolute atomic E-state index is 9.06. The molecule has 5 heteroatoms. The Morgan fingerprint density at radius 3 is 2.86 bits per heavy atom. The highest BCUT2D eigenvalue weighted by Gasteiger charge is 2.21. The summed E-state index contributed by atoms with van der Waals surface area (Å²) >= 11 is 13.9. The maximum atomic E-state index is 9.06. The van der Waals surface area contributed by atoms with E-state index in [9.17, 15) is 0 Å². The SMILES string of the molecule is N#Cc1cc(NC2CCSc3ccc(Cl)cc32)ccc1Cl. The van der Waals surface area contributed by atoms with Gasteiger partial charge in [-0.2, -0.15) is 5.26 Å². The fourth-order valence-electron chi connectivity index (χ4n) is 2.42. The molecule has 2 aromatic carbocycles. The first kappa shape index (κ1) is 14.6. The normalized spacial score (nSPS) is 16.9. The second kappa shape index (κ2) is 6.19. The van der Waals surface area contributed by atoms with Gasteiger partial charge in [-0.25, -0.2) is 0 Å². The summed E-state index contributed by atoms with van der Waals surface area (Å²) in [5.74, 6) is 1.06. The van der Waals surface area contributed by atoms with Crippen molar-refractivity contribution < 1.29 is 0 Å². The van der Waals surface area contributed by atoms with Crippen LogP contribution in [-0.2, 0) is 0 Å². The molecule has 0 radical (unpaired) electrons. The van der Waals surface area contributed by atoms with Gasteiger partial charge >= 0.3 is 0 Å². The molecule has 1 aliphatic heterocycles. The van der Waals surface area contributed by atoms with Crippen molar-refractivity contribution in [2.75, 3.05) is 11.1 Å². The zero-order chi connectivity index (χ0) is 14.8. The van der Waals surface area contributed by atoms with Gasteiger partial charge in [0.15, 0.2) is 0 Å². The van der Waals surface area contributed by atoms with Crippen LogP contribution in [0.25, 0.3) is 0 Å². The van der Waals surface area contributed by atoms with Gasteiger partial charge in [-0.1, -0.05) is 23.2 Å². The van der Waals surface area contributed by atoms with Gasteiger partial charge in [-0.05, 0) is 48.4 Å². The second-order valence-electron chi connectivity index (χ2n) is 4.82. The van der Waals surface area contributed by atoms with Crippen molar-refractivity contribution in [3.05, 3.63) is 57.6 Å². The molecule has 106 valence electrons. The molecule has 0 amide bonds. The zero-order valence-electron chi connectivity index (χ0n) is 11.1. The van der Waals surface area contributed by atoms with Crippen molar-refractivity contribution in [2.45, 2.75) is 17.4 Å². The molecule has 1 atom stereocenters. The number of nitriles is 1. The Morgan fingerprint density at radius 1 is 1.19 bits per heavy atom. The molecule has 1 heterocycles. The van der Waals surface area contributed by atoms with Crippen molar-refractivity contribution >= 4 is 40.7 Å². The predicted molar refractivity (Wildman–Crippen MR) is 89.3 cm³/mol. The third-order valence-electron chi connectivity index (χ3n) is 3.44. The van der Waals surface area contributed by atoms with E-state index in [0.717, 1.165) is 22.9 Å². The van der Waals surface area contributed by atoms with Gasteiger partial charge in [-0.3, -0.25) is 0 Å². The molecule has 0 fully saturated rings. The summed E-state index contributed by atoms with van der Waals surface area (Å²) in [5, 5.41) is 13.8. The second-order valence-corrected chi connectivity index (χ2v) is 6.80. The number of nitrogens with one attached hydrogen (secondary N) is 1. The first-order valence-corrected chi connectivity index (χ1v) is 8.30. The summed E-state index contributed by atoms with van der Waals surface area (Å²) < 4.78 is 0. The Morgan fingerprint density at radius 2 is 2.05 bits per heavy atom. The quantitative estimate of drug-likeness (QED) is 0.785. The molecule has 0 saturated heterocycles. The van der Waals surface area contributed by atoms with Crippen LogP contribution in [0.4, 0.5) is 5.69 Å². The van der Waals surface area contributed by atoms with Gasteiger partial charge in [0.25, 0.3) is 0 Å². The van der Waals surface area contributed by atoms with Crippen LogP contribution >= 0.6 is 35.0 Å². The van der Waals surface area contributed by atoms with E-state index in [0.29, 0.717) is 10.6 Å². The smallest absolute Gasteiger partial charge is 0.101 e. The summed E-state index contributed by atoms with van der Waals surface area (Å²) in [6.45, 7) is 0. The lowest BCUT2D eigenvalue weighted by atomic mass is 10.0. The maximum Gasteiger partial charge on any atom is 0.101 e. The largest absolute Gasteiger partial charge is 0.378 e. The Labute approximate surface area is 138 Å². The van der Waals surface area contributed by atoms with E-state index in [4.69, 9.17) is 28.5 Å². The number of hydrogen-bond acceptors (Lipinski definition) is 3. The molecular formula is C16H12Cl2N2S. The van der Waals surface area contributed by atoms with Crippen LogP contribution < -0.4 is 5.32 Å². The van der Waals surface area contributed by atoms with Crippen molar-refractivity contribution in [3.63, 3.8) is 0 Å². The molecule has 3 rings (SSSR count). The highest BCUT2D eigenvalue weighted by Crippen LogP contribution is 2.39. The lowest BCUT2D eigenvalue weighted by Gasteiger charge is -2.27. The minimum Gasteiger partial charge on any atom is -0.378 e. The molecule has 0 bridgehead atoms. The summed E-state index contributed by atoms with van der Waals surface area (Å²) in [5.41, 5.74) is 2.60. The average Bonchev–Trinajstić information content (AvgIpc) is 2.50. The minimum absolute atomic E-state index is 0.202. The Balaban J connectivity index is 1.90. The third-order valence-corrected chi connectivity index (χ3v) is 5.13. The molecule has 0 spiro atoms. The summed E-state index contributed by atoms with van der Waals surface area (Å²) in [7, 11) is 0. The first-order valence-electron chi connectivity index (χ1n) is 6.56. The fraction of sp³-hybridized carbons (Fsp3) is 0.188. The fourth-order valence-corrected chi connectivity index (χ4v) is 3.86. The van der Waals surface area contributed by atoms with Crippen LogP contribution in [0.1, 0.15) is 23.6 Å². The molecule has 0 aromatic heterocycles. The standard InChI is InChI=1S/C16H12Cl2N2S/c17-11-1-4-16-13(8-11)15(5-6-21-16)20-12-2-3-14(18)10(7-12)9-19/h1-4,7-8,15,20H,5-6H2. The van der Waals surface area contributed by atoms with Gasteiger partial charge in [-0.15, -0.1) is 11.8 Å². The molecular weight excluding hydrogens is 323 g/mol. The molecule has 1 N–H and O–H groups in total. The highest BCUT2D eigenvalue weighted by molar-refractivity contribution is 7.99. The number of nitrogens with zero attached hydrogens (tertiary/aromatic N) is 1. The Kier molecular flexibility index (Phi) is 4.30. The molecule has 2 nitrogen and oxygen atoms in total. The number of anilines is 1. The molecule has 21 heavy (non-hydrogen) atoms. The average molecular weight is 335 g/mol. The predicted octanol–water partition coefficient (Wildman–Crippen LogP) is 5.51. The molecule has 0 aliphatic carbocycles. The first-order chi connectivity index (χ1) is 10.2. The summed E-state index contributed by atoms with van der Waals surface area (Å²) in [6, 6.07) is 13.7. The lowest BCUT2D eigenvalue weighted by molar-refractivity contribution is 0.728. The van der Waals surface area contributed by atoms with Gasteiger partial charge in [0.2, 0.25) is 0 Å². The third kappa shape index (κ3) is 3.13. The van der Waals surface area contributed by atoms with Gasteiger partial charge in [0.1, 0.15) is 6.07 Å². The Hall–Kier alpha value is -1.34. The number of benzene rings is 2. The number of hydrogen-bond donors (Lipinski definition) is 1. The van der Waals surface area contributed by atoms with E-state index >= 15 is 0 Å². The monoisotopic (exact) mass is 334 g/mol. The van der Waals surface area contributed by atoms with Crippen LogP contribution in [-0.4, -0.2) is 5.75 Å².